The molecule has 2 amide bonds. The number of likely N-dealkylation sites (tertiary alicyclic amines) is 1. The Balaban J connectivity index is 1.82. The lowest BCUT2D eigenvalue weighted by Gasteiger charge is -2.36. The second-order valence-corrected chi connectivity index (χ2v) is 6.05. The van der Waals surface area contributed by atoms with E-state index < -0.39 is 0 Å². The maximum Gasteiger partial charge on any atom is 0.225 e. The van der Waals surface area contributed by atoms with Crippen molar-refractivity contribution in [1.29, 1.82) is 0 Å². The lowest BCUT2D eigenvalue weighted by molar-refractivity contribution is -0.145. The number of amides is 2. The fourth-order valence-electron chi connectivity index (χ4n) is 3.28. The van der Waals surface area contributed by atoms with Crippen LogP contribution in [0.3, 0.4) is 0 Å². The molecule has 0 saturated carbocycles. The highest BCUT2D eigenvalue weighted by Crippen LogP contribution is 2.23. The van der Waals surface area contributed by atoms with Crippen LogP contribution in [0.2, 0.25) is 0 Å². The minimum Gasteiger partial charge on any atom is -0.378 e. The second-order valence-electron chi connectivity index (χ2n) is 6.05. The second kappa shape index (κ2) is 7.78. The van der Waals surface area contributed by atoms with Gasteiger partial charge in [-0.2, -0.15) is 0 Å². The summed E-state index contributed by atoms with van der Waals surface area (Å²) in [5.74, 6) is 0.774. The van der Waals surface area contributed by atoms with Gasteiger partial charge < -0.3 is 14.5 Å². The maximum atomic E-state index is 12.4. The van der Waals surface area contributed by atoms with E-state index in [-0.39, 0.29) is 23.7 Å². The van der Waals surface area contributed by atoms with E-state index in [1.165, 1.54) is 0 Å². The summed E-state index contributed by atoms with van der Waals surface area (Å²) in [5.41, 5.74) is 0. The van der Waals surface area contributed by atoms with Crippen molar-refractivity contribution < 1.29 is 14.3 Å². The van der Waals surface area contributed by atoms with Gasteiger partial charge in [0.2, 0.25) is 11.8 Å². The SMILES string of the molecule is CCC(CC)C(=O)N1CCC(C(=O)N2CCOCC2)CC1. The van der Waals surface area contributed by atoms with Crippen molar-refractivity contribution in [2.75, 3.05) is 39.4 Å². The van der Waals surface area contributed by atoms with Crippen LogP contribution in [0, 0.1) is 11.8 Å². The largest absolute Gasteiger partial charge is 0.378 e. The molecule has 5 nitrogen and oxygen atoms in total. The van der Waals surface area contributed by atoms with Gasteiger partial charge in [0.05, 0.1) is 13.2 Å². The molecule has 2 aliphatic heterocycles. The first-order valence-electron chi connectivity index (χ1n) is 8.32. The highest BCUT2D eigenvalue weighted by molar-refractivity contribution is 5.81. The van der Waals surface area contributed by atoms with Gasteiger partial charge in [-0.25, -0.2) is 0 Å². The van der Waals surface area contributed by atoms with Gasteiger partial charge in [-0.15, -0.1) is 0 Å². The number of carbonyl (C=O) groups excluding carboxylic acids is 2. The lowest BCUT2D eigenvalue weighted by atomic mass is 9.93. The summed E-state index contributed by atoms with van der Waals surface area (Å²) in [6, 6.07) is 0. The molecule has 0 aromatic carbocycles. The molecule has 0 spiro atoms. The first-order chi connectivity index (χ1) is 10.2. The lowest BCUT2D eigenvalue weighted by Crippen LogP contribution is -2.48. The molecule has 0 unspecified atom stereocenters. The normalized spacial score (nSPS) is 20.9. The number of rotatable bonds is 4. The molecule has 0 atom stereocenters. The van der Waals surface area contributed by atoms with Crippen LogP contribution < -0.4 is 0 Å². The number of hydrogen-bond acceptors (Lipinski definition) is 3. The monoisotopic (exact) mass is 296 g/mol. The van der Waals surface area contributed by atoms with Crippen LogP contribution in [0.1, 0.15) is 39.5 Å². The van der Waals surface area contributed by atoms with Crippen molar-refractivity contribution in [3.8, 4) is 0 Å². The Labute approximate surface area is 127 Å². The minimum atomic E-state index is 0.0915. The summed E-state index contributed by atoms with van der Waals surface area (Å²) < 4.78 is 5.29. The fraction of sp³-hybridized carbons (Fsp3) is 0.875. The highest BCUT2D eigenvalue weighted by atomic mass is 16.5. The van der Waals surface area contributed by atoms with Gasteiger partial charge in [-0.3, -0.25) is 9.59 Å². The third-order valence-corrected chi connectivity index (χ3v) is 4.81. The molecule has 0 aromatic heterocycles. The van der Waals surface area contributed by atoms with Gasteiger partial charge >= 0.3 is 0 Å². The van der Waals surface area contributed by atoms with E-state index in [1.807, 2.05) is 9.80 Å². The van der Waals surface area contributed by atoms with Gasteiger partial charge in [0.1, 0.15) is 0 Å². The van der Waals surface area contributed by atoms with E-state index in [1.54, 1.807) is 0 Å². The molecule has 5 heteroatoms. The van der Waals surface area contributed by atoms with Crippen LogP contribution >= 0.6 is 0 Å². The van der Waals surface area contributed by atoms with Gasteiger partial charge in [0, 0.05) is 38.0 Å². The van der Waals surface area contributed by atoms with Crippen molar-refractivity contribution in [3.05, 3.63) is 0 Å². The molecule has 0 N–H and O–H groups in total. The molecule has 2 aliphatic rings. The zero-order valence-electron chi connectivity index (χ0n) is 13.3. The topological polar surface area (TPSA) is 49.9 Å². The Morgan fingerprint density at radius 3 is 2.10 bits per heavy atom. The summed E-state index contributed by atoms with van der Waals surface area (Å²) in [7, 11) is 0. The Morgan fingerprint density at radius 1 is 1.00 bits per heavy atom. The number of carbonyl (C=O) groups is 2. The number of ether oxygens (including phenoxy) is 1. The third kappa shape index (κ3) is 3.96. The number of piperidine rings is 1. The van der Waals surface area contributed by atoms with Gasteiger partial charge in [0.15, 0.2) is 0 Å². The first-order valence-corrected chi connectivity index (χ1v) is 8.32. The molecule has 0 bridgehead atoms. The molecular weight excluding hydrogens is 268 g/mol. The zero-order chi connectivity index (χ0) is 15.2. The number of hydrogen-bond donors (Lipinski definition) is 0. The smallest absolute Gasteiger partial charge is 0.225 e. The molecule has 2 rings (SSSR count). The molecule has 21 heavy (non-hydrogen) atoms. The molecule has 0 radical (unpaired) electrons. The molecule has 120 valence electrons. The van der Waals surface area contributed by atoms with E-state index in [0.29, 0.717) is 26.3 Å². The van der Waals surface area contributed by atoms with Gasteiger partial charge in [-0.05, 0) is 25.7 Å². The Bertz CT molecular complexity index is 355. The average Bonchev–Trinajstić information content (AvgIpc) is 2.56. The van der Waals surface area contributed by atoms with Crippen LogP contribution in [0.25, 0.3) is 0 Å². The quantitative estimate of drug-likeness (QED) is 0.790. The minimum absolute atomic E-state index is 0.0915. The van der Waals surface area contributed by atoms with Crippen molar-refractivity contribution in [2.45, 2.75) is 39.5 Å². The van der Waals surface area contributed by atoms with Crippen molar-refractivity contribution in [2.24, 2.45) is 11.8 Å². The van der Waals surface area contributed by atoms with Crippen LogP contribution in [-0.4, -0.2) is 61.0 Å². The van der Waals surface area contributed by atoms with Crippen molar-refractivity contribution in [1.82, 2.24) is 9.80 Å². The molecule has 2 saturated heterocycles. The van der Waals surface area contributed by atoms with E-state index >= 15 is 0 Å². The number of morpholine rings is 1. The van der Waals surface area contributed by atoms with Crippen LogP contribution in [-0.2, 0) is 14.3 Å². The van der Waals surface area contributed by atoms with E-state index in [9.17, 15) is 9.59 Å². The molecule has 0 aliphatic carbocycles. The summed E-state index contributed by atoms with van der Waals surface area (Å²) in [6.45, 7) is 8.33. The molecule has 2 heterocycles. The van der Waals surface area contributed by atoms with E-state index in [4.69, 9.17) is 4.74 Å². The van der Waals surface area contributed by atoms with Crippen LogP contribution in [0.4, 0.5) is 0 Å². The average molecular weight is 296 g/mol. The molecular formula is C16H28N2O3. The van der Waals surface area contributed by atoms with Crippen LogP contribution in [0.5, 0.6) is 0 Å². The Hall–Kier alpha value is -1.10. The molecule has 0 aromatic rings. The maximum absolute atomic E-state index is 12.4. The Morgan fingerprint density at radius 2 is 1.57 bits per heavy atom. The van der Waals surface area contributed by atoms with Gasteiger partial charge in [-0.1, -0.05) is 13.8 Å². The Kier molecular flexibility index (Phi) is 6.03. The van der Waals surface area contributed by atoms with E-state index in [0.717, 1.165) is 38.8 Å². The summed E-state index contributed by atoms with van der Waals surface area (Å²) in [5, 5.41) is 0. The summed E-state index contributed by atoms with van der Waals surface area (Å²) in [6.07, 6.45) is 3.42. The third-order valence-electron chi connectivity index (χ3n) is 4.81. The van der Waals surface area contributed by atoms with E-state index in [2.05, 4.69) is 13.8 Å². The standard InChI is InChI=1S/C16H28N2O3/c1-3-13(4-2)15(19)17-7-5-14(6-8-17)16(20)18-9-11-21-12-10-18/h13-14H,3-12H2,1-2H3. The summed E-state index contributed by atoms with van der Waals surface area (Å²) >= 11 is 0. The van der Waals surface area contributed by atoms with Crippen molar-refractivity contribution in [3.63, 3.8) is 0 Å². The predicted octanol–water partition coefficient (Wildman–Crippen LogP) is 1.52. The van der Waals surface area contributed by atoms with Gasteiger partial charge in [0.25, 0.3) is 0 Å². The summed E-state index contributed by atoms with van der Waals surface area (Å²) in [4.78, 5) is 28.7. The fourth-order valence-corrected chi connectivity index (χ4v) is 3.28. The molecule has 2 fully saturated rings. The van der Waals surface area contributed by atoms with Crippen LogP contribution in [0.15, 0.2) is 0 Å². The highest BCUT2D eigenvalue weighted by Gasteiger charge is 2.32. The first kappa shape index (κ1) is 16.3. The van der Waals surface area contributed by atoms with Crippen molar-refractivity contribution >= 4 is 11.8 Å². The predicted molar refractivity (Wildman–Crippen MR) is 80.8 cm³/mol. The zero-order valence-corrected chi connectivity index (χ0v) is 13.3. The number of nitrogens with zero attached hydrogens (tertiary/aromatic N) is 2.